The van der Waals surface area contributed by atoms with Crippen molar-refractivity contribution in [1.29, 1.82) is 0 Å². The summed E-state index contributed by atoms with van der Waals surface area (Å²) in [6, 6.07) is 15.6. The molecule has 2 aromatic rings. The van der Waals surface area contributed by atoms with Crippen molar-refractivity contribution in [2.24, 2.45) is 0 Å². The van der Waals surface area contributed by atoms with E-state index in [9.17, 15) is 4.79 Å². The SMILES string of the molecule is C=CCN1C(=O)/C(=C/c2ccc(OCc3ccccc3)c(OCC)c2)SC1=S. The third kappa shape index (κ3) is 4.82. The van der Waals surface area contributed by atoms with E-state index in [1.54, 1.807) is 11.0 Å². The summed E-state index contributed by atoms with van der Waals surface area (Å²) in [6.45, 7) is 6.99. The Hall–Kier alpha value is -2.57. The summed E-state index contributed by atoms with van der Waals surface area (Å²) in [7, 11) is 0. The van der Waals surface area contributed by atoms with Crippen LogP contribution in [0.1, 0.15) is 18.1 Å². The Bertz CT molecular complexity index is 909. The molecule has 1 heterocycles. The molecule has 0 bridgehead atoms. The molecule has 144 valence electrons. The third-order valence-electron chi connectivity index (χ3n) is 3.99. The van der Waals surface area contributed by atoms with E-state index in [4.69, 9.17) is 21.7 Å². The topological polar surface area (TPSA) is 38.8 Å². The number of ether oxygens (including phenoxy) is 2. The first kappa shape index (κ1) is 20.2. The fraction of sp³-hybridized carbons (Fsp3) is 0.182. The molecule has 2 aromatic carbocycles. The molecule has 1 saturated heterocycles. The van der Waals surface area contributed by atoms with Gasteiger partial charge >= 0.3 is 0 Å². The lowest BCUT2D eigenvalue weighted by Crippen LogP contribution is -2.27. The Kier molecular flexibility index (Phi) is 6.90. The summed E-state index contributed by atoms with van der Waals surface area (Å²) in [4.78, 5) is 14.6. The van der Waals surface area contributed by atoms with Crippen LogP contribution < -0.4 is 9.47 Å². The number of hydrogen-bond donors (Lipinski definition) is 0. The number of nitrogens with zero attached hydrogens (tertiary/aromatic N) is 1. The molecule has 0 aliphatic carbocycles. The lowest BCUT2D eigenvalue weighted by atomic mass is 10.1. The summed E-state index contributed by atoms with van der Waals surface area (Å²) in [5.74, 6) is 1.22. The van der Waals surface area contributed by atoms with E-state index in [1.165, 1.54) is 11.8 Å². The molecule has 0 aromatic heterocycles. The Labute approximate surface area is 174 Å². The molecule has 1 aliphatic heterocycles. The van der Waals surface area contributed by atoms with Gasteiger partial charge in [0.25, 0.3) is 5.91 Å². The van der Waals surface area contributed by atoms with Crippen LogP contribution >= 0.6 is 24.0 Å². The third-order valence-corrected chi connectivity index (χ3v) is 5.37. The second kappa shape index (κ2) is 9.57. The van der Waals surface area contributed by atoms with Crippen molar-refractivity contribution in [2.75, 3.05) is 13.2 Å². The van der Waals surface area contributed by atoms with Crippen LogP contribution in [0.5, 0.6) is 11.5 Å². The quantitative estimate of drug-likeness (QED) is 0.345. The molecule has 0 unspecified atom stereocenters. The van der Waals surface area contributed by atoms with Crippen molar-refractivity contribution in [3.05, 3.63) is 77.2 Å². The first-order valence-electron chi connectivity index (χ1n) is 8.92. The van der Waals surface area contributed by atoms with Gasteiger partial charge in [-0.2, -0.15) is 0 Å². The highest BCUT2D eigenvalue weighted by atomic mass is 32.2. The predicted molar refractivity (Wildman–Crippen MR) is 118 cm³/mol. The van der Waals surface area contributed by atoms with Crippen molar-refractivity contribution in [3.8, 4) is 11.5 Å². The van der Waals surface area contributed by atoms with E-state index in [1.807, 2.05) is 61.5 Å². The van der Waals surface area contributed by atoms with E-state index in [0.29, 0.717) is 40.5 Å². The molecule has 1 amide bonds. The van der Waals surface area contributed by atoms with Gasteiger partial charge in [0.05, 0.1) is 11.5 Å². The van der Waals surface area contributed by atoms with Gasteiger partial charge in [-0.1, -0.05) is 66.5 Å². The number of rotatable bonds is 8. The standard InChI is InChI=1S/C22H21NO3S2/c1-3-12-23-21(24)20(28-22(23)27)14-17-10-11-18(19(13-17)25-4-2)26-15-16-8-6-5-7-9-16/h3,5-11,13-14H,1,4,12,15H2,2H3/b20-14-. The first-order valence-corrected chi connectivity index (χ1v) is 10.1. The van der Waals surface area contributed by atoms with Crippen LogP contribution in [0.3, 0.4) is 0 Å². The van der Waals surface area contributed by atoms with Crippen LogP contribution in [0.25, 0.3) is 6.08 Å². The van der Waals surface area contributed by atoms with Gasteiger partial charge in [-0.3, -0.25) is 9.69 Å². The summed E-state index contributed by atoms with van der Waals surface area (Å²) in [5.41, 5.74) is 1.94. The van der Waals surface area contributed by atoms with Gasteiger partial charge in [0.2, 0.25) is 0 Å². The van der Waals surface area contributed by atoms with Gasteiger partial charge in [0.1, 0.15) is 10.9 Å². The lowest BCUT2D eigenvalue weighted by molar-refractivity contribution is -0.121. The van der Waals surface area contributed by atoms with Crippen molar-refractivity contribution in [2.45, 2.75) is 13.5 Å². The Morgan fingerprint density at radius 3 is 2.64 bits per heavy atom. The number of benzene rings is 2. The molecule has 0 radical (unpaired) electrons. The normalized spacial score (nSPS) is 15.2. The van der Waals surface area contributed by atoms with E-state index in [-0.39, 0.29) is 5.91 Å². The van der Waals surface area contributed by atoms with Crippen LogP contribution in [0.2, 0.25) is 0 Å². The van der Waals surface area contributed by atoms with Crippen LogP contribution in [-0.4, -0.2) is 28.3 Å². The van der Waals surface area contributed by atoms with Crippen LogP contribution in [0, 0.1) is 0 Å². The fourth-order valence-electron chi connectivity index (χ4n) is 2.68. The summed E-state index contributed by atoms with van der Waals surface area (Å²) in [5, 5.41) is 0. The molecular weight excluding hydrogens is 390 g/mol. The zero-order valence-electron chi connectivity index (χ0n) is 15.6. The molecule has 1 aliphatic rings. The van der Waals surface area contributed by atoms with Crippen LogP contribution in [0.4, 0.5) is 0 Å². The Morgan fingerprint density at radius 1 is 1.14 bits per heavy atom. The van der Waals surface area contributed by atoms with Crippen molar-refractivity contribution >= 4 is 40.3 Å². The minimum Gasteiger partial charge on any atom is -0.490 e. The Balaban J connectivity index is 1.79. The van der Waals surface area contributed by atoms with E-state index < -0.39 is 0 Å². The van der Waals surface area contributed by atoms with Gasteiger partial charge in [0, 0.05) is 6.54 Å². The molecule has 0 saturated carbocycles. The molecule has 4 nitrogen and oxygen atoms in total. The predicted octanol–water partition coefficient (Wildman–Crippen LogP) is 5.05. The highest BCUT2D eigenvalue weighted by Crippen LogP contribution is 2.35. The molecule has 0 spiro atoms. The van der Waals surface area contributed by atoms with Gasteiger partial charge in [0.15, 0.2) is 11.5 Å². The average Bonchev–Trinajstić information content (AvgIpc) is 2.96. The summed E-state index contributed by atoms with van der Waals surface area (Å²) in [6.07, 6.45) is 3.49. The van der Waals surface area contributed by atoms with E-state index in [0.717, 1.165) is 11.1 Å². The van der Waals surface area contributed by atoms with Crippen molar-refractivity contribution in [3.63, 3.8) is 0 Å². The maximum atomic E-state index is 12.5. The molecular formula is C22H21NO3S2. The smallest absolute Gasteiger partial charge is 0.266 e. The van der Waals surface area contributed by atoms with Gasteiger partial charge in [-0.05, 0) is 36.3 Å². The second-order valence-electron chi connectivity index (χ2n) is 5.99. The van der Waals surface area contributed by atoms with E-state index in [2.05, 4.69) is 6.58 Å². The number of hydrogen-bond acceptors (Lipinski definition) is 5. The minimum atomic E-state index is -0.0998. The first-order chi connectivity index (χ1) is 13.6. The number of carbonyl (C=O) groups excluding carboxylic acids is 1. The zero-order chi connectivity index (χ0) is 19.9. The molecule has 6 heteroatoms. The minimum absolute atomic E-state index is 0.0998. The molecule has 0 atom stereocenters. The number of thiocarbonyl (C=S) groups is 1. The fourth-order valence-corrected chi connectivity index (χ4v) is 3.95. The zero-order valence-corrected chi connectivity index (χ0v) is 17.2. The lowest BCUT2D eigenvalue weighted by Gasteiger charge is -2.13. The highest BCUT2D eigenvalue weighted by Gasteiger charge is 2.31. The molecule has 0 N–H and O–H groups in total. The number of carbonyl (C=O) groups is 1. The van der Waals surface area contributed by atoms with Crippen LogP contribution in [-0.2, 0) is 11.4 Å². The highest BCUT2D eigenvalue weighted by molar-refractivity contribution is 8.26. The van der Waals surface area contributed by atoms with Crippen molar-refractivity contribution < 1.29 is 14.3 Å². The summed E-state index contributed by atoms with van der Waals surface area (Å²) < 4.78 is 12.2. The maximum Gasteiger partial charge on any atom is 0.266 e. The largest absolute Gasteiger partial charge is 0.490 e. The molecule has 28 heavy (non-hydrogen) atoms. The van der Waals surface area contributed by atoms with Crippen molar-refractivity contribution in [1.82, 2.24) is 4.90 Å². The molecule has 3 rings (SSSR count). The second-order valence-corrected chi connectivity index (χ2v) is 7.67. The monoisotopic (exact) mass is 411 g/mol. The maximum absolute atomic E-state index is 12.5. The Morgan fingerprint density at radius 2 is 1.93 bits per heavy atom. The number of amides is 1. The van der Waals surface area contributed by atoms with Gasteiger partial charge < -0.3 is 9.47 Å². The van der Waals surface area contributed by atoms with E-state index >= 15 is 0 Å². The van der Waals surface area contributed by atoms with Gasteiger partial charge in [-0.25, -0.2) is 0 Å². The van der Waals surface area contributed by atoms with Crippen LogP contribution in [0.15, 0.2) is 66.1 Å². The van der Waals surface area contributed by atoms with Gasteiger partial charge in [-0.15, -0.1) is 6.58 Å². The average molecular weight is 412 g/mol. The molecule has 1 fully saturated rings. The number of thioether (sulfide) groups is 1. The summed E-state index contributed by atoms with van der Waals surface area (Å²) >= 11 is 6.58.